The average Bonchev–Trinajstić information content (AvgIpc) is 0.863. The van der Waals surface area contributed by atoms with Crippen LogP contribution in [0.2, 0.25) is 331 Å². The molecule has 50 heteroatoms. The van der Waals surface area contributed by atoms with Crippen LogP contribution in [0.3, 0.4) is 0 Å². The average molecular weight is 2390 g/mol. The van der Waals surface area contributed by atoms with Gasteiger partial charge in [-0.1, -0.05) is 235 Å². The highest BCUT2D eigenvalue weighted by molar-refractivity contribution is 6.98. The second-order valence-electron chi connectivity index (χ2n) is 49.8. The maximum Gasteiger partial charge on any atom is 0.478 e. The number of hydrogen-bond donors (Lipinski definition) is 0. The number of hydrogen-bond acceptors (Lipinski definition) is 25. The lowest BCUT2D eigenvalue weighted by molar-refractivity contribution is 0.180. The second kappa shape index (κ2) is 60.7. The van der Waals surface area contributed by atoms with E-state index in [1.807, 2.05) is 0 Å². The molecule has 0 aromatic rings. The molecule has 0 N–H and O–H groups in total. The summed E-state index contributed by atoms with van der Waals surface area (Å²) in [5.41, 5.74) is 0. The Balaban J connectivity index is 0. The molecule has 0 aromatic heterocycles. The van der Waals surface area contributed by atoms with Crippen molar-refractivity contribution < 1.29 is 103 Å². The van der Waals surface area contributed by atoms with Gasteiger partial charge in [0.05, 0.1) is 0 Å². The van der Waals surface area contributed by atoms with E-state index in [1.54, 1.807) is 7.11 Å². The Morgan fingerprint density at radius 1 is 0.123 bits per heavy atom. The third-order valence-corrected chi connectivity index (χ3v) is 121. The summed E-state index contributed by atoms with van der Waals surface area (Å²) in [5, 5.41) is 0. The Bertz CT molecular complexity index is 3330. The molecule has 6 unspecified atom stereocenters. The molecular formula is C88H230O25Si25. The van der Waals surface area contributed by atoms with Crippen LogP contribution in [0.1, 0.15) is 235 Å². The van der Waals surface area contributed by atoms with Crippen molar-refractivity contribution in [2.75, 3.05) is 7.11 Å². The lowest BCUT2D eigenvalue weighted by atomic mass is 10.1. The van der Waals surface area contributed by atoms with E-state index in [2.05, 4.69) is 336 Å². The first-order chi connectivity index (χ1) is 61.3. The Kier molecular flexibility index (Phi) is 63.5. The van der Waals surface area contributed by atoms with E-state index in [1.165, 1.54) is 128 Å². The van der Waals surface area contributed by atoms with Gasteiger partial charge in [-0.05, 0) is 325 Å². The van der Waals surface area contributed by atoms with Gasteiger partial charge in [0, 0.05) is 13.7 Å². The summed E-state index contributed by atoms with van der Waals surface area (Å²) in [4.78, 5) is 0. The Labute approximate surface area is 882 Å². The molecule has 0 aliphatic carbocycles. The first-order valence-corrected chi connectivity index (χ1v) is 123. The van der Waals surface area contributed by atoms with E-state index in [-0.39, 0.29) is 7.43 Å². The van der Waals surface area contributed by atoms with Crippen LogP contribution in [0.25, 0.3) is 0 Å². The van der Waals surface area contributed by atoms with Crippen LogP contribution in [0, 0.1) is 0 Å². The fourth-order valence-electron chi connectivity index (χ4n) is 20.7. The Morgan fingerprint density at radius 2 is 0.239 bits per heavy atom. The smallest absolute Gasteiger partial charge is 0.437 e. The molecule has 0 saturated heterocycles. The van der Waals surface area contributed by atoms with E-state index in [0.29, 0.717) is 0 Å². The quantitative estimate of drug-likeness (QED) is 0.0407. The van der Waals surface area contributed by atoms with E-state index in [0.717, 1.165) is 94.4 Å². The molecular weight excluding hydrogens is 2160 g/mol. The maximum absolute atomic E-state index is 8.33. The van der Waals surface area contributed by atoms with Crippen LogP contribution in [-0.2, 0) is 103 Å². The van der Waals surface area contributed by atoms with Crippen LogP contribution in [0.5, 0.6) is 0 Å². The normalized spacial score (nSPS) is 17.1. The van der Waals surface area contributed by atoms with Crippen molar-refractivity contribution in [1.29, 1.82) is 0 Å². The first-order valence-electron chi connectivity index (χ1n) is 53.7. The molecule has 6 atom stereocenters. The second-order valence-corrected chi connectivity index (χ2v) is 141. The van der Waals surface area contributed by atoms with E-state index in [4.69, 9.17) is 103 Å². The van der Waals surface area contributed by atoms with Crippen molar-refractivity contribution in [2.45, 2.75) is 566 Å². The minimum Gasteiger partial charge on any atom is -0.437 e. The summed E-state index contributed by atoms with van der Waals surface area (Å²) < 4.78 is 182. The summed E-state index contributed by atoms with van der Waals surface area (Å²) >= 11 is 0. The first kappa shape index (κ1) is 144. The van der Waals surface area contributed by atoms with Gasteiger partial charge in [0.15, 0.2) is 16.6 Å². The van der Waals surface area contributed by atoms with Crippen molar-refractivity contribution in [1.82, 2.24) is 0 Å². The summed E-state index contributed by atoms with van der Waals surface area (Å²) in [6.45, 7) is 110. The van der Waals surface area contributed by atoms with Crippen LogP contribution < -0.4 is 0 Å². The molecule has 0 bridgehead atoms. The summed E-state index contributed by atoms with van der Waals surface area (Å²) in [7, 11) is -70.2. The molecule has 25 nitrogen and oxygen atoms in total. The van der Waals surface area contributed by atoms with E-state index < -0.39 is 214 Å². The fourth-order valence-corrected chi connectivity index (χ4v) is 150. The highest BCUT2D eigenvalue weighted by atomic mass is 28.6. The highest BCUT2D eigenvalue weighted by Gasteiger charge is 2.60. The van der Waals surface area contributed by atoms with E-state index >= 15 is 0 Å². The fraction of sp³-hybridized carbons (Fsp3) is 1.00. The van der Waals surface area contributed by atoms with Crippen LogP contribution in [0.4, 0.5) is 0 Å². The Hall–Kier alpha value is 4.42. The zero-order valence-electron chi connectivity index (χ0n) is 99.5. The molecule has 0 radical (unpaired) electrons. The molecule has 138 heavy (non-hydrogen) atoms. The summed E-state index contributed by atoms with van der Waals surface area (Å²) in [6, 6.07) is 4.30. The van der Waals surface area contributed by atoms with Crippen LogP contribution >= 0.6 is 0 Å². The molecule has 0 rings (SSSR count). The van der Waals surface area contributed by atoms with Gasteiger partial charge in [-0.3, -0.25) is 0 Å². The monoisotopic (exact) mass is 2390 g/mol. The van der Waals surface area contributed by atoms with Gasteiger partial charge in [0.25, 0.3) is 0 Å². The van der Waals surface area contributed by atoms with Gasteiger partial charge in [-0.15, -0.1) is 0 Å². The van der Waals surface area contributed by atoms with Crippen molar-refractivity contribution in [3.8, 4) is 0 Å². The molecule has 0 amide bonds. The topological polar surface area (TPSA) is 231 Å². The van der Waals surface area contributed by atoms with E-state index in [9.17, 15) is 0 Å². The van der Waals surface area contributed by atoms with Gasteiger partial charge < -0.3 is 103 Å². The SMILES string of the molecule is C.CCCCCCCC[Si](C)(O[Si](C)(C)O[Si](C)(C)O[Si](C)(C)O[Si](C)(C)O[Si](C)(C)O[Si](C)(C)O[Si](C)(C)O[Si](C)(C)O[Si](C)(C)O[Si](C)(C)O[Si](C)(C)O[Si](C)(C)O[Si](C)(C)O[Si](C)(C)O[Si](C)(C)O[Si](C)(C)O[Si](C)(C)O[Si](C)(C)C)O[Si](C)(CCCCCCCC)O[Si](C)(CCCCCCCC)O[Si](C)(CCCCCCCC)O[Si](C)(CCCCCCCC)O[Si](C)(OC)O[Si](C)(C)C. The molecule has 0 aliphatic rings. The lowest BCUT2D eigenvalue weighted by Crippen LogP contribution is -2.65. The van der Waals surface area contributed by atoms with Gasteiger partial charge in [-0.25, -0.2) is 0 Å². The zero-order chi connectivity index (χ0) is 107. The minimum atomic E-state index is -3.22. The van der Waals surface area contributed by atoms with Crippen molar-refractivity contribution in [3.63, 3.8) is 0 Å². The molecule has 0 spiro atoms. The third kappa shape index (κ3) is 70.7. The minimum absolute atomic E-state index is 0. The Morgan fingerprint density at radius 3 is 0.377 bits per heavy atom. The van der Waals surface area contributed by atoms with Crippen LogP contribution in [-0.4, -0.2) is 221 Å². The van der Waals surface area contributed by atoms with Gasteiger partial charge in [0.1, 0.15) is 0 Å². The number of rotatable bonds is 84. The van der Waals surface area contributed by atoms with Gasteiger partial charge >= 0.3 is 197 Å². The largest absolute Gasteiger partial charge is 0.478 e. The van der Waals surface area contributed by atoms with Gasteiger partial charge in [0.2, 0.25) is 0 Å². The third-order valence-electron chi connectivity index (χ3n) is 21.8. The van der Waals surface area contributed by atoms with Crippen LogP contribution in [0.15, 0.2) is 0 Å². The highest BCUT2D eigenvalue weighted by Crippen LogP contribution is 2.42. The maximum atomic E-state index is 8.33. The van der Waals surface area contributed by atoms with Gasteiger partial charge in [-0.2, -0.15) is 0 Å². The molecule has 832 valence electrons. The molecule has 0 heterocycles. The molecule has 0 aliphatic heterocycles. The predicted molar refractivity (Wildman–Crippen MR) is 644 cm³/mol. The summed E-state index contributed by atoms with van der Waals surface area (Å²) in [5.74, 6) is 0. The predicted octanol–water partition coefficient (Wildman–Crippen LogP) is 33.0. The number of unbranched alkanes of at least 4 members (excludes halogenated alkanes) is 25. The standard InChI is InChI=1S/C87H226O25Si25.CH4/c1-53-58-63-68-73-78-83-132(47,108-133(48,84-79-74-69-64-59-54-2)109-134(49,85-80-75-70-65-60-55-3)110-135(50,86-81-76-71-66-61-56-4)111-136(51,87-82-77-72-67-62-57-5)112-137(52,88-6)90-114(10,11)12)107-131(45,46)106-130(43,44)105-129(41,42)104-128(39,40)103-127(37,38)102-126(35,36)101-125(33,34)100-124(31,32)99-123(29,30)98-122(27,28)97-121(25,26)96-120(23,24)95-119(21,22)94-118(19,20)93-117(17,18)92-116(15,16)91-115(13,14)89-113(7,8)9;/h53-87H2,1-52H3;1H4. The van der Waals surface area contributed by atoms with Crippen molar-refractivity contribution in [3.05, 3.63) is 0 Å². The molecule has 0 saturated carbocycles. The summed E-state index contributed by atoms with van der Waals surface area (Å²) in [6.07, 6.45) is 35.3. The van der Waals surface area contributed by atoms with Crippen molar-refractivity contribution in [2.24, 2.45) is 0 Å². The molecule has 0 aromatic carbocycles. The van der Waals surface area contributed by atoms with Crippen molar-refractivity contribution >= 4 is 214 Å². The zero-order valence-corrected chi connectivity index (χ0v) is 124. The molecule has 0 fully saturated rings. The lowest BCUT2D eigenvalue weighted by Gasteiger charge is -2.48.